The molecule has 2 heterocycles. The van der Waals surface area contributed by atoms with E-state index < -0.39 is 0 Å². The van der Waals surface area contributed by atoms with E-state index >= 15 is 0 Å². The predicted molar refractivity (Wildman–Crippen MR) is 102 cm³/mol. The second-order valence-electron chi connectivity index (χ2n) is 6.49. The van der Waals surface area contributed by atoms with Gasteiger partial charge in [-0.2, -0.15) is 4.98 Å². The van der Waals surface area contributed by atoms with Crippen molar-refractivity contribution in [3.8, 4) is 22.1 Å². The van der Waals surface area contributed by atoms with Gasteiger partial charge in [-0.15, -0.1) is 11.3 Å². The normalized spacial score (nSPS) is 13.4. The number of benzene rings is 1. The fourth-order valence-corrected chi connectivity index (χ4v) is 3.56. The van der Waals surface area contributed by atoms with Crippen LogP contribution in [0.25, 0.3) is 10.6 Å². The Hall–Kier alpha value is -2.94. The van der Waals surface area contributed by atoms with Crippen molar-refractivity contribution in [3.05, 3.63) is 41.0 Å². The fourth-order valence-electron chi connectivity index (χ4n) is 2.74. The molecule has 3 aromatic rings. The van der Waals surface area contributed by atoms with Crippen molar-refractivity contribution in [2.24, 2.45) is 0 Å². The first-order valence-corrected chi connectivity index (χ1v) is 9.80. The number of amides is 1. The minimum absolute atomic E-state index is 0.143. The van der Waals surface area contributed by atoms with Gasteiger partial charge in [-0.1, -0.05) is 5.16 Å². The number of ether oxygens (including phenoxy) is 2. The van der Waals surface area contributed by atoms with Crippen LogP contribution in [-0.4, -0.2) is 35.3 Å². The van der Waals surface area contributed by atoms with Gasteiger partial charge in [0, 0.05) is 16.9 Å². The number of nitrogens with one attached hydrogen (secondary N) is 1. The van der Waals surface area contributed by atoms with E-state index in [1.54, 1.807) is 14.2 Å². The van der Waals surface area contributed by atoms with Gasteiger partial charge in [-0.3, -0.25) is 4.79 Å². The molecule has 1 fully saturated rings. The predicted octanol–water partition coefficient (Wildman–Crippen LogP) is 2.95. The van der Waals surface area contributed by atoms with Crippen LogP contribution in [0.4, 0.5) is 0 Å². The SMILES string of the molecule is COc1ccc(-c2nc(CC(=O)NCc3nc(C4CC4)no3)cs2)cc1OC. The Kier molecular flexibility index (Phi) is 5.25. The Morgan fingerprint density at radius 3 is 2.82 bits per heavy atom. The van der Waals surface area contributed by atoms with E-state index in [9.17, 15) is 4.79 Å². The number of nitrogens with zero attached hydrogens (tertiary/aromatic N) is 3. The summed E-state index contributed by atoms with van der Waals surface area (Å²) in [6, 6.07) is 5.62. The largest absolute Gasteiger partial charge is 0.493 e. The van der Waals surface area contributed by atoms with Crippen LogP contribution in [-0.2, 0) is 17.8 Å². The third-order valence-electron chi connectivity index (χ3n) is 4.39. The Morgan fingerprint density at radius 1 is 1.25 bits per heavy atom. The summed E-state index contributed by atoms with van der Waals surface area (Å²) in [4.78, 5) is 21.0. The van der Waals surface area contributed by atoms with Gasteiger partial charge in [0.1, 0.15) is 5.01 Å². The average Bonchev–Trinajstić information content (AvgIpc) is 3.28. The molecule has 0 saturated heterocycles. The van der Waals surface area contributed by atoms with E-state index in [1.165, 1.54) is 11.3 Å². The molecule has 28 heavy (non-hydrogen) atoms. The zero-order valence-electron chi connectivity index (χ0n) is 15.6. The van der Waals surface area contributed by atoms with Crippen molar-refractivity contribution < 1.29 is 18.8 Å². The highest BCUT2D eigenvalue weighted by molar-refractivity contribution is 7.13. The number of carbonyl (C=O) groups excluding carboxylic acids is 1. The molecule has 1 amide bonds. The molecule has 0 aliphatic heterocycles. The van der Waals surface area contributed by atoms with Crippen LogP contribution in [0.3, 0.4) is 0 Å². The summed E-state index contributed by atoms with van der Waals surface area (Å²) in [6.45, 7) is 0.227. The van der Waals surface area contributed by atoms with Crippen molar-refractivity contribution in [2.75, 3.05) is 14.2 Å². The van der Waals surface area contributed by atoms with Crippen molar-refractivity contribution >= 4 is 17.2 Å². The van der Waals surface area contributed by atoms with Crippen molar-refractivity contribution in [1.82, 2.24) is 20.4 Å². The zero-order valence-corrected chi connectivity index (χ0v) is 16.4. The third kappa shape index (κ3) is 4.14. The van der Waals surface area contributed by atoms with E-state index in [0.717, 1.165) is 29.2 Å². The number of aromatic nitrogens is 3. The summed E-state index contributed by atoms with van der Waals surface area (Å²) in [5.41, 5.74) is 1.62. The lowest BCUT2D eigenvalue weighted by Crippen LogP contribution is -2.24. The van der Waals surface area contributed by atoms with Crippen LogP contribution in [0.2, 0.25) is 0 Å². The molecular weight excluding hydrogens is 380 g/mol. The van der Waals surface area contributed by atoms with Crippen LogP contribution in [0, 0.1) is 0 Å². The quantitative estimate of drug-likeness (QED) is 0.620. The number of methoxy groups -OCH3 is 2. The number of thiazole rings is 1. The molecule has 1 saturated carbocycles. The minimum Gasteiger partial charge on any atom is -0.493 e. The van der Waals surface area contributed by atoms with Crippen LogP contribution in [0.5, 0.6) is 11.5 Å². The standard InChI is InChI=1S/C19H20N4O4S/c1-25-14-6-5-12(7-15(14)26-2)19-21-13(10-28-19)8-16(24)20-9-17-22-18(23-27-17)11-3-4-11/h5-7,10-11H,3-4,8-9H2,1-2H3,(H,20,24). The molecule has 0 radical (unpaired) electrons. The van der Waals surface area contributed by atoms with Crippen molar-refractivity contribution in [1.29, 1.82) is 0 Å². The lowest BCUT2D eigenvalue weighted by Gasteiger charge is -2.08. The van der Waals surface area contributed by atoms with E-state index in [0.29, 0.717) is 29.0 Å². The Balaban J connectivity index is 1.35. The van der Waals surface area contributed by atoms with Gasteiger partial charge in [0.05, 0.1) is 32.9 Å². The van der Waals surface area contributed by atoms with Crippen LogP contribution in [0.15, 0.2) is 28.1 Å². The van der Waals surface area contributed by atoms with E-state index in [4.69, 9.17) is 14.0 Å². The Labute approximate surface area is 165 Å². The molecule has 0 spiro atoms. The third-order valence-corrected chi connectivity index (χ3v) is 5.33. The molecule has 1 aliphatic carbocycles. The van der Waals surface area contributed by atoms with Gasteiger partial charge in [-0.05, 0) is 31.0 Å². The van der Waals surface area contributed by atoms with Gasteiger partial charge < -0.3 is 19.3 Å². The van der Waals surface area contributed by atoms with Gasteiger partial charge in [0.15, 0.2) is 17.3 Å². The maximum Gasteiger partial charge on any atom is 0.246 e. The molecule has 0 bridgehead atoms. The van der Waals surface area contributed by atoms with Crippen molar-refractivity contribution in [3.63, 3.8) is 0 Å². The summed E-state index contributed by atoms with van der Waals surface area (Å²) in [5.74, 6) is 2.75. The lowest BCUT2D eigenvalue weighted by atomic mass is 10.2. The molecule has 2 aromatic heterocycles. The smallest absolute Gasteiger partial charge is 0.246 e. The first-order valence-electron chi connectivity index (χ1n) is 8.92. The monoisotopic (exact) mass is 400 g/mol. The molecule has 4 rings (SSSR count). The Bertz CT molecular complexity index is 980. The highest BCUT2D eigenvalue weighted by atomic mass is 32.1. The molecule has 0 atom stereocenters. The van der Waals surface area contributed by atoms with Gasteiger partial charge in [0.2, 0.25) is 11.8 Å². The molecule has 8 nitrogen and oxygen atoms in total. The van der Waals surface area contributed by atoms with Gasteiger partial charge >= 0.3 is 0 Å². The van der Waals surface area contributed by atoms with Crippen LogP contribution < -0.4 is 14.8 Å². The topological polar surface area (TPSA) is 99.4 Å². The second kappa shape index (κ2) is 7.97. The summed E-state index contributed by atoms with van der Waals surface area (Å²) in [6.07, 6.45) is 2.41. The number of carbonyl (C=O) groups is 1. The van der Waals surface area contributed by atoms with E-state index in [2.05, 4.69) is 20.4 Å². The van der Waals surface area contributed by atoms with E-state index in [1.807, 2.05) is 23.6 Å². The number of hydrogen-bond donors (Lipinski definition) is 1. The molecular formula is C19H20N4O4S. The lowest BCUT2D eigenvalue weighted by molar-refractivity contribution is -0.120. The molecule has 1 aromatic carbocycles. The zero-order chi connectivity index (χ0) is 19.5. The minimum atomic E-state index is -0.143. The van der Waals surface area contributed by atoms with Crippen LogP contribution in [0.1, 0.15) is 36.2 Å². The summed E-state index contributed by atoms with van der Waals surface area (Å²) < 4.78 is 15.7. The fraction of sp³-hybridized carbons (Fsp3) is 0.368. The number of hydrogen-bond acceptors (Lipinski definition) is 8. The molecule has 0 unspecified atom stereocenters. The summed E-state index contributed by atoms with van der Waals surface area (Å²) in [7, 11) is 3.19. The van der Waals surface area contributed by atoms with Crippen molar-refractivity contribution in [2.45, 2.75) is 31.7 Å². The first kappa shape index (κ1) is 18.4. The second-order valence-corrected chi connectivity index (χ2v) is 7.35. The molecule has 1 N–H and O–H groups in total. The molecule has 9 heteroatoms. The van der Waals surface area contributed by atoms with Gasteiger partial charge in [0.25, 0.3) is 0 Å². The first-order chi connectivity index (χ1) is 13.7. The Morgan fingerprint density at radius 2 is 2.07 bits per heavy atom. The maximum absolute atomic E-state index is 12.2. The molecule has 146 valence electrons. The average molecular weight is 400 g/mol. The molecule has 1 aliphatic rings. The highest BCUT2D eigenvalue weighted by Gasteiger charge is 2.28. The summed E-state index contributed by atoms with van der Waals surface area (Å²) >= 11 is 1.48. The number of rotatable bonds is 8. The summed E-state index contributed by atoms with van der Waals surface area (Å²) in [5, 5.41) is 9.42. The maximum atomic E-state index is 12.2. The van der Waals surface area contributed by atoms with Gasteiger partial charge in [-0.25, -0.2) is 4.98 Å². The van der Waals surface area contributed by atoms with Crippen LogP contribution >= 0.6 is 11.3 Å². The highest BCUT2D eigenvalue weighted by Crippen LogP contribution is 2.38. The van der Waals surface area contributed by atoms with E-state index in [-0.39, 0.29) is 18.9 Å².